The number of halogens is 3. The van der Waals surface area contributed by atoms with Gasteiger partial charge in [-0.2, -0.15) is 0 Å². The lowest BCUT2D eigenvalue weighted by atomic mass is 9.91. The third kappa shape index (κ3) is 3.61. The molecule has 0 radical (unpaired) electrons. The molecule has 2 nitrogen and oxygen atoms in total. The summed E-state index contributed by atoms with van der Waals surface area (Å²) < 4.78 is 0.870. The van der Waals surface area contributed by atoms with Crippen LogP contribution in [0, 0.1) is 5.92 Å². The fourth-order valence-electron chi connectivity index (χ4n) is 2.55. The van der Waals surface area contributed by atoms with Crippen LogP contribution in [0.4, 0.5) is 0 Å². The van der Waals surface area contributed by atoms with Crippen LogP contribution in [-0.2, 0) is 0 Å². The van der Waals surface area contributed by atoms with Crippen molar-refractivity contribution in [3.8, 4) is 0 Å². The second-order valence-corrected chi connectivity index (χ2v) is 6.02. The van der Waals surface area contributed by atoms with Gasteiger partial charge in [-0.3, -0.25) is 0 Å². The topological polar surface area (TPSA) is 46.2 Å². The van der Waals surface area contributed by atoms with Crippen LogP contribution in [0.15, 0.2) is 22.7 Å². The molecule has 3 N–H and O–H groups in total. The quantitative estimate of drug-likeness (QED) is 0.859. The van der Waals surface area contributed by atoms with Crippen LogP contribution in [-0.4, -0.2) is 11.2 Å². The smallest absolute Gasteiger partial charge is 0.0761 e. The van der Waals surface area contributed by atoms with Gasteiger partial charge in [0.05, 0.1) is 12.1 Å². The maximum absolute atomic E-state index is 10.3. The highest BCUT2D eigenvalue weighted by atomic mass is 79.9. The molecule has 0 aromatic heterocycles. The molecule has 1 aliphatic carbocycles. The van der Waals surface area contributed by atoms with Gasteiger partial charge < -0.3 is 10.8 Å². The summed E-state index contributed by atoms with van der Waals surface area (Å²) in [5.74, 6) is 0.340. The molecule has 2 rings (SSSR count). The van der Waals surface area contributed by atoms with Crippen molar-refractivity contribution >= 4 is 39.9 Å². The van der Waals surface area contributed by atoms with Crippen LogP contribution >= 0.6 is 39.9 Å². The predicted octanol–water partition coefficient (Wildman–Crippen LogP) is 4.08. The molecule has 18 heavy (non-hydrogen) atoms. The van der Waals surface area contributed by atoms with Gasteiger partial charge in [0.15, 0.2) is 0 Å². The third-order valence-corrected chi connectivity index (χ3v) is 4.49. The molecule has 0 bridgehead atoms. The van der Waals surface area contributed by atoms with Crippen molar-refractivity contribution in [1.82, 2.24) is 0 Å². The van der Waals surface area contributed by atoms with Crippen LogP contribution in [0.2, 0.25) is 5.02 Å². The first kappa shape index (κ1) is 16.3. The Labute approximate surface area is 127 Å². The van der Waals surface area contributed by atoms with Crippen molar-refractivity contribution in [3.05, 3.63) is 33.3 Å². The second-order valence-electron chi connectivity index (χ2n) is 4.73. The first-order valence-corrected chi connectivity index (χ1v) is 7.15. The SMILES string of the molecule is Cl.N[C@H](c1ccc(Cl)cc1Br)[C@@H](O)C1CCCC1. The van der Waals surface area contributed by atoms with E-state index in [1.54, 1.807) is 0 Å². The Hall–Kier alpha value is 0.200. The van der Waals surface area contributed by atoms with Gasteiger partial charge in [-0.1, -0.05) is 46.4 Å². The molecule has 5 heteroatoms. The summed E-state index contributed by atoms with van der Waals surface area (Å²) in [6, 6.07) is 5.17. The monoisotopic (exact) mass is 353 g/mol. The molecule has 1 saturated carbocycles. The van der Waals surface area contributed by atoms with E-state index in [2.05, 4.69) is 15.9 Å². The summed E-state index contributed by atoms with van der Waals surface area (Å²) in [4.78, 5) is 0. The van der Waals surface area contributed by atoms with E-state index < -0.39 is 6.10 Å². The molecule has 1 aromatic rings. The van der Waals surface area contributed by atoms with Gasteiger partial charge in [-0.15, -0.1) is 12.4 Å². The van der Waals surface area contributed by atoms with Gasteiger partial charge in [0, 0.05) is 9.50 Å². The van der Waals surface area contributed by atoms with Gasteiger partial charge in [-0.05, 0) is 36.5 Å². The molecule has 0 spiro atoms. The van der Waals surface area contributed by atoms with Crippen molar-refractivity contribution in [2.75, 3.05) is 0 Å². The van der Waals surface area contributed by atoms with Crippen LogP contribution in [0.5, 0.6) is 0 Å². The Morgan fingerprint density at radius 2 is 1.94 bits per heavy atom. The number of hydrogen-bond donors (Lipinski definition) is 2. The zero-order valence-electron chi connectivity index (χ0n) is 9.98. The normalized spacial score (nSPS) is 19.3. The fraction of sp³-hybridized carbons (Fsp3) is 0.538. The Balaban J connectivity index is 0.00000162. The molecule has 0 amide bonds. The van der Waals surface area contributed by atoms with E-state index >= 15 is 0 Å². The Morgan fingerprint density at radius 3 is 2.50 bits per heavy atom. The van der Waals surface area contributed by atoms with Crippen molar-refractivity contribution in [3.63, 3.8) is 0 Å². The number of nitrogens with two attached hydrogens (primary N) is 1. The fourth-order valence-corrected chi connectivity index (χ4v) is 3.49. The Kier molecular flexibility index (Phi) is 6.42. The summed E-state index contributed by atoms with van der Waals surface area (Å²) in [5, 5.41) is 11.0. The third-order valence-electron chi connectivity index (χ3n) is 3.57. The Bertz CT molecular complexity index is 397. The molecular formula is C13H18BrCl2NO. The molecule has 1 fully saturated rings. The summed E-state index contributed by atoms with van der Waals surface area (Å²) in [6.07, 6.45) is 4.11. The van der Waals surface area contributed by atoms with Gasteiger partial charge in [-0.25, -0.2) is 0 Å². The lowest BCUT2D eigenvalue weighted by Gasteiger charge is -2.25. The average Bonchev–Trinajstić information content (AvgIpc) is 2.80. The number of aliphatic hydroxyl groups excluding tert-OH is 1. The molecule has 1 aromatic carbocycles. The van der Waals surface area contributed by atoms with Crippen molar-refractivity contribution in [2.45, 2.75) is 37.8 Å². The van der Waals surface area contributed by atoms with E-state index in [0.717, 1.165) is 22.9 Å². The zero-order valence-corrected chi connectivity index (χ0v) is 13.1. The first-order valence-electron chi connectivity index (χ1n) is 5.98. The van der Waals surface area contributed by atoms with Crippen molar-refractivity contribution in [1.29, 1.82) is 0 Å². The van der Waals surface area contributed by atoms with Crippen LogP contribution in [0.3, 0.4) is 0 Å². The molecule has 2 atom stereocenters. The van der Waals surface area contributed by atoms with Gasteiger partial charge >= 0.3 is 0 Å². The Morgan fingerprint density at radius 1 is 1.33 bits per heavy atom. The van der Waals surface area contributed by atoms with Crippen molar-refractivity contribution < 1.29 is 5.11 Å². The van der Waals surface area contributed by atoms with E-state index in [1.165, 1.54) is 12.8 Å². The highest BCUT2D eigenvalue weighted by Crippen LogP contribution is 2.35. The highest BCUT2D eigenvalue weighted by molar-refractivity contribution is 9.10. The molecule has 1 aliphatic rings. The second kappa shape index (κ2) is 7.11. The maximum atomic E-state index is 10.3. The molecular weight excluding hydrogens is 337 g/mol. The molecule has 0 heterocycles. The van der Waals surface area contributed by atoms with Gasteiger partial charge in [0.2, 0.25) is 0 Å². The zero-order chi connectivity index (χ0) is 12.4. The van der Waals surface area contributed by atoms with Gasteiger partial charge in [0.1, 0.15) is 0 Å². The molecule has 0 unspecified atom stereocenters. The van der Waals surface area contributed by atoms with Crippen LogP contribution in [0.25, 0.3) is 0 Å². The van der Waals surface area contributed by atoms with E-state index in [1.807, 2.05) is 18.2 Å². The first-order chi connectivity index (χ1) is 8.09. The van der Waals surface area contributed by atoms with E-state index in [9.17, 15) is 5.11 Å². The largest absolute Gasteiger partial charge is 0.391 e. The predicted molar refractivity (Wildman–Crippen MR) is 81.3 cm³/mol. The minimum atomic E-state index is -0.463. The van der Waals surface area contributed by atoms with Crippen LogP contribution < -0.4 is 5.73 Å². The minimum Gasteiger partial charge on any atom is -0.391 e. The maximum Gasteiger partial charge on any atom is 0.0761 e. The lowest BCUT2D eigenvalue weighted by Crippen LogP contribution is -2.32. The number of aliphatic hydroxyl groups is 1. The number of rotatable bonds is 3. The highest BCUT2D eigenvalue weighted by Gasteiger charge is 2.29. The standard InChI is InChI=1S/C13H17BrClNO.ClH/c14-11-7-9(15)5-6-10(11)12(16)13(17)8-3-1-2-4-8;/h5-8,12-13,17H,1-4,16H2;1H/t12-,13+;/m1./s1. The average molecular weight is 355 g/mol. The summed E-state index contributed by atoms with van der Waals surface area (Å²) in [5.41, 5.74) is 7.07. The van der Waals surface area contributed by atoms with Crippen LogP contribution in [0.1, 0.15) is 37.3 Å². The summed E-state index contributed by atoms with van der Waals surface area (Å²) in [6.45, 7) is 0. The van der Waals surface area contributed by atoms with E-state index in [-0.39, 0.29) is 18.4 Å². The van der Waals surface area contributed by atoms with Crippen molar-refractivity contribution in [2.24, 2.45) is 11.7 Å². The summed E-state index contributed by atoms with van der Waals surface area (Å²) >= 11 is 9.34. The van der Waals surface area contributed by atoms with E-state index in [0.29, 0.717) is 10.9 Å². The lowest BCUT2D eigenvalue weighted by molar-refractivity contribution is 0.0843. The molecule has 0 aliphatic heterocycles. The minimum absolute atomic E-state index is 0. The van der Waals surface area contributed by atoms with Gasteiger partial charge in [0.25, 0.3) is 0 Å². The van der Waals surface area contributed by atoms with E-state index in [4.69, 9.17) is 17.3 Å². The number of hydrogen-bond acceptors (Lipinski definition) is 2. The molecule has 102 valence electrons. The number of benzene rings is 1. The molecule has 0 saturated heterocycles. The summed E-state index contributed by atoms with van der Waals surface area (Å²) in [7, 11) is 0.